The Labute approximate surface area is 116 Å². The Morgan fingerprint density at radius 2 is 1.79 bits per heavy atom. The highest BCUT2D eigenvalue weighted by Crippen LogP contribution is 2.34. The minimum atomic E-state index is 0.102. The number of ketones is 1. The Morgan fingerprint density at radius 1 is 1.16 bits per heavy atom. The third-order valence-electron chi connectivity index (χ3n) is 4.17. The van der Waals surface area contributed by atoms with E-state index >= 15 is 0 Å². The molecule has 0 N–H and O–H groups in total. The molecule has 0 saturated carbocycles. The monoisotopic (exact) mass is 259 g/mol. The maximum absolute atomic E-state index is 12.4. The summed E-state index contributed by atoms with van der Waals surface area (Å²) < 4.78 is 0. The molecule has 0 aliphatic carbocycles. The van der Waals surface area contributed by atoms with E-state index in [2.05, 4.69) is 49.1 Å². The van der Waals surface area contributed by atoms with Crippen molar-refractivity contribution in [3.63, 3.8) is 0 Å². The van der Waals surface area contributed by atoms with Gasteiger partial charge in [0.15, 0.2) is 5.78 Å². The van der Waals surface area contributed by atoms with Gasteiger partial charge in [0.25, 0.3) is 0 Å². The van der Waals surface area contributed by atoms with Crippen molar-refractivity contribution in [2.45, 2.75) is 52.1 Å². The highest BCUT2D eigenvalue weighted by atomic mass is 16.1. The Morgan fingerprint density at radius 3 is 2.32 bits per heavy atom. The van der Waals surface area contributed by atoms with Crippen LogP contribution in [-0.4, -0.2) is 29.3 Å². The summed E-state index contributed by atoms with van der Waals surface area (Å²) in [7, 11) is 0. The second-order valence-electron chi connectivity index (χ2n) is 6.21. The maximum Gasteiger partial charge on any atom is 0.152 e. The Hall–Kier alpha value is -1.15. The molecule has 104 valence electrons. The molecule has 2 rings (SSSR count). The van der Waals surface area contributed by atoms with Crippen LogP contribution in [0.15, 0.2) is 30.3 Å². The van der Waals surface area contributed by atoms with Gasteiger partial charge in [-0.25, -0.2) is 0 Å². The van der Waals surface area contributed by atoms with E-state index in [1.807, 2.05) is 13.8 Å². The minimum Gasteiger partial charge on any atom is -0.298 e. The molecule has 1 fully saturated rings. The van der Waals surface area contributed by atoms with Gasteiger partial charge >= 0.3 is 0 Å². The van der Waals surface area contributed by atoms with Crippen molar-refractivity contribution in [1.29, 1.82) is 0 Å². The van der Waals surface area contributed by atoms with Gasteiger partial charge in [0.05, 0.1) is 6.04 Å². The minimum absolute atomic E-state index is 0.102. The van der Waals surface area contributed by atoms with Gasteiger partial charge in [0.1, 0.15) is 0 Å². The first kappa shape index (κ1) is 14.3. The molecule has 1 aromatic rings. The number of Topliss-reactive ketones (excluding diaryl/α,β-unsaturated/α-hetero) is 1. The fourth-order valence-electron chi connectivity index (χ4n) is 3.06. The van der Waals surface area contributed by atoms with Gasteiger partial charge in [0.2, 0.25) is 0 Å². The van der Waals surface area contributed by atoms with Crippen LogP contribution in [0.3, 0.4) is 0 Å². The smallest absolute Gasteiger partial charge is 0.152 e. The average Bonchev–Trinajstić information content (AvgIpc) is 2.83. The molecule has 1 aliphatic rings. The molecule has 1 saturated heterocycles. The molecule has 0 spiro atoms. The van der Waals surface area contributed by atoms with Crippen molar-refractivity contribution in [2.24, 2.45) is 5.92 Å². The SMILES string of the molecule is CC(C)C(=O)C1CC(c2ccccc2)CN1C(C)C. The van der Waals surface area contributed by atoms with Crippen molar-refractivity contribution >= 4 is 5.78 Å². The zero-order valence-corrected chi connectivity index (χ0v) is 12.5. The van der Waals surface area contributed by atoms with Crippen molar-refractivity contribution < 1.29 is 4.79 Å². The van der Waals surface area contributed by atoms with Crippen LogP contribution in [0.25, 0.3) is 0 Å². The molecule has 0 aromatic heterocycles. The lowest BCUT2D eigenvalue weighted by atomic mass is 9.92. The number of likely N-dealkylation sites (tertiary alicyclic amines) is 1. The van der Waals surface area contributed by atoms with Crippen LogP contribution in [0.5, 0.6) is 0 Å². The van der Waals surface area contributed by atoms with E-state index in [1.165, 1.54) is 5.56 Å². The normalized spacial score (nSPS) is 24.3. The van der Waals surface area contributed by atoms with E-state index in [9.17, 15) is 4.79 Å². The number of hydrogen-bond acceptors (Lipinski definition) is 2. The van der Waals surface area contributed by atoms with Crippen molar-refractivity contribution in [2.75, 3.05) is 6.54 Å². The number of hydrogen-bond donors (Lipinski definition) is 0. The number of rotatable bonds is 4. The maximum atomic E-state index is 12.4. The molecule has 0 amide bonds. The summed E-state index contributed by atoms with van der Waals surface area (Å²) in [5.41, 5.74) is 1.37. The first-order valence-corrected chi connectivity index (χ1v) is 7.35. The van der Waals surface area contributed by atoms with Gasteiger partial charge in [-0.05, 0) is 31.7 Å². The predicted molar refractivity (Wildman–Crippen MR) is 79.3 cm³/mol. The lowest BCUT2D eigenvalue weighted by Crippen LogP contribution is -2.42. The van der Waals surface area contributed by atoms with Crippen LogP contribution in [0.2, 0.25) is 0 Å². The zero-order chi connectivity index (χ0) is 14.0. The van der Waals surface area contributed by atoms with E-state index in [1.54, 1.807) is 0 Å². The first-order valence-electron chi connectivity index (χ1n) is 7.35. The van der Waals surface area contributed by atoms with Gasteiger partial charge in [-0.1, -0.05) is 44.2 Å². The third-order valence-corrected chi connectivity index (χ3v) is 4.17. The summed E-state index contributed by atoms with van der Waals surface area (Å²) in [6.07, 6.45) is 0.971. The average molecular weight is 259 g/mol. The van der Waals surface area contributed by atoms with E-state index < -0.39 is 0 Å². The molecule has 1 aliphatic heterocycles. The number of carbonyl (C=O) groups excluding carboxylic acids is 1. The van der Waals surface area contributed by atoms with E-state index in [-0.39, 0.29) is 12.0 Å². The van der Waals surface area contributed by atoms with Crippen molar-refractivity contribution in [3.8, 4) is 0 Å². The molecule has 0 bridgehead atoms. The molecular formula is C17H25NO. The number of benzene rings is 1. The van der Waals surface area contributed by atoms with Crippen molar-refractivity contribution in [3.05, 3.63) is 35.9 Å². The quantitative estimate of drug-likeness (QED) is 0.825. The Balaban J connectivity index is 2.19. The van der Waals surface area contributed by atoms with Crippen LogP contribution < -0.4 is 0 Å². The molecule has 2 nitrogen and oxygen atoms in total. The molecule has 2 unspecified atom stereocenters. The molecule has 2 heteroatoms. The molecule has 0 radical (unpaired) electrons. The summed E-state index contributed by atoms with van der Waals surface area (Å²) in [6.45, 7) is 9.40. The third kappa shape index (κ3) is 3.06. The van der Waals surface area contributed by atoms with Crippen LogP contribution in [0, 0.1) is 5.92 Å². The van der Waals surface area contributed by atoms with E-state index in [0.29, 0.717) is 17.7 Å². The van der Waals surface area contributed by atoms with Gasteiger partial charge in [-0.2, -0.15) is 0 Å². The molecule has 19 heavy (non-hydrogen) atoms. The zero-order valence-electron chi connectivity index (χ0n) is 12.5. The van der Waals surface area contributed by atoms with Gasteiger partial charge in [-0.15, -0.1) is 0 Å². The highest BCUT2D eigenvalue weighted by Gasteiger charge is 2.38. The summed E-state index contributed by atoms with van der Waals surface area (Å²) in [6, 6.07) is 11.1. The van der Waals surface area contributed by atoms with Gasteiger partial charge in [-0.3, -0.25) is 9.69 Å². The number of nitrogens with zero attached hydrogens (tertiary/aromatic N) is 1. The topological polar surface area (TPSA) is 20.3 Å². The summed E-state index contributed by atoms with van der Waals surface area (Å²) in [5.74, 6) is 1.02. The second-order valence-corrected chi connectivity index (χ2v) is 6.21. The lowest BCUT2D eigenvalue weighted by Gasteiger charge is -2.28. The second kappa shape index (κ2) is 5.87. The van der Waals surface area contributed by atoms with E-state index in [4.69, 9.17) is 0 Å². The van der Waals surface area contributed by atoms with Crippen LogP contribution in [0.1, 0.15) is 45.6 Å². The fourth-order valence-corrected chi connectivity index (χ4v) is 3.06. The van der Waals surface area contributed by atoms with Crippen LogP contribution in [0.4, 0.5) is 0 Å². The number of carbonyl (C=O) groups is 1. The fraction of sp³-hybridized carbons (Fsp3) is 0.588. The first-order chi connectivity index (χ1) is 9.00. The Bertz CT molecular complexity index is 424. The largest absolute Gasteiger partial charge is 0.298 e. The van der Waals surface area contributed by atoms with Crippen LogP contribution in [-0.2, 0) is 4.79 Å². The molecule has 1 heterocycles. The standard InChI is InChI=1S/C17H25NO/c1-12(2)17(19)16-10-15(11-18(16)13(3)4)14-8-6-5-7-9-14/h5-9,12-13,15-16H,10-11H2,1-4H3. The summed E-state index contributed by atoms with van der Waals surface area (Å²) in [5, 5.41) is 0. The summed E-state index contributed by atoms with van der Waals surface area (Å²) >= 11 is 0. The molecule has 1 aromatic carbocycles. The highest BCUT2D eigenvalue weighted by molar-refractivity contribution is 5.86. The predicted octanol–water partition coefficient (Wildman–Crippen LogP) is 3.48. The summed E-state index contributed by atoms with van der Waals surface area (Å²) in [4.78, 5) is 14.8. The van der Waals surface area contributed by atoms with Gasteiger partial charge in [0, 0.05) is 18.5 Å². The lowest BCUT2D eigenvalue weighted by molar-refractivity contribution is -0.126. The Kier molecular flexibility index (Phi) is 4.41. The van der Waals surface area contributed by atoms with Crippen LogP contribution >= 0.6 is 0 Å². The molecule has 2 atom stereocenters. The van der Waals surface area contributed by atoms with Gasteiger partial charge < -0.3 is 0 Å². The van der Waals surface area contributed by atoms with Crippen molar-refractivity contribution in [1.82, 2.24) is 4.90 Å². The molecular weight excluding hydrogens is 234 g/mol. The van der Waals surface area contributed by atoms with E-state index in [0.717, 1.165) is 13.0 Å².